The van der Waals surface area contributed by atoms with E-state index in [1.54, 1.807) is 30.7 Å². The molecule has 0 unspecified atom stereocenters. The maximum atomic E-state index is 13.5. The summed E-state index contributed by atoms with van der Waals surface area (Å²) in [4.78, 5) is 54.5. The van der Waals surface area contributed by atoms with Crippen LogP contribution in [0.2, 0.25) is 0 Å². The van der Waals surface area contributed by atoms with Crippen molar-refractivity contribution in [1.82, 2.24) is 25.6 Å². The first-order chi connectivity index (χ1) is 19.8. The fourth-order valence-corrected chi connectivity index (χ4v) is 6.24. The molecule has 41 heavy (non-hydrogen) atoms. The predicted octanol–water partition coefficient (Wildman–Crippen LogP) is 5.13. The lowest BCUT2D eigenvalue weighted by molar-refractivity contribution is -0.117. The number of nitrogens with one attached hydrogen (secondary N) is 3. The summed E-state index contributed by atoms with van der Waals surface area (Å²) in [5.74, 6) is 0.338. The molecule has 1 fully saturated rings. The van der Waals surface area contributed by atoms with Gasteiger partial charge in [0, 0.05) is 30.0 Å². The maximum Gasteiger partial charge on any atom is 0.331 e. The first-order valence-corrected chi connectivity index (χ1v) is 14.0. The van der Waals surface area contributed by atoms with Crippen molar-refractivity contribution >= 4 is 56.5 Å². The van der Waals surface area contributed by atoms with Gasteiger partial charge >= 0.3 is 6.03 Å². The van der Waals surface area contributed by atoms with Crippen LogP contribution in [0.4, 0.5) is 21.9 Å². The summed E-state index contributed by atoms with van der Waals surface area (Å²) < 4.78 is 5.84. The Kier molecular flexibility index (Phi) is 6.83. The van der Waals surface area contributed by atoms with Crippen molar-refractivity contribution in [3.05, 3.63) is 71.6 Å². The third-order valence-electron chi connectivity index (χ3n) is 7.20. The van der Waals surface area contributed by atoms with Crippen LogP contribution >= 0.6 is 11.3 Å². The number of aryl methyl sites for hydroxylation is 2. The molecule has 1 aliphatic carbocycles. The second-order valence-electron chi connectivity index (χ2n) is 9.96. The van der Waals surface area contributed by atoms with Crippen LogP contribution in [0, 0.1) is 13.8 Å². The van der Waals surface area contributed by atoms with E-state index in [2.05, 4.69) is 37.5 Å². The zero-order valence-corrected chi connectivity index (χ0v) is 23.2. The zero-order chi connectivity index (χ0) is 28.7. The Balaban J connectivity index is 1.29. The molecule has 4 amide bonds. The number of nitrogens with zero attached hydrogens (tertiary/aromatic N) is 4. The van der Waals surface area contributed by atoms with E-state index in [4.69, 9.17) is 4.74 Å². The molecule has 12 heteroatoms. The van der Waals surface area contributed by atoms with Crippen LogP contribution in [-0.4, -0.2) is 44.9 Å². The van der Waals surface area contributed by atoms with Crippen LogP contribution < -0.4 is 25.6 Å². The van der Waals surface area contributed by atoms with Gasteiger partial charge in [-0.1, -0.05) is 6.58 Å². The molecule has 0 spiro atoms. The van der Waals surface area contributed by atoms with Gasteiger partial charge in [-0.05, 0) is 62.9 Å². The van der Waals surface area contributed by atoms with E-state index in [0.29, 0.717) is 43.8 Å². The standard InChI is InChI=1S/C29H27N7O4S/c1-4-22(37)33-18-6-5-7-19(18)34-27(38)26-25-24-20(10-11-30-28(24)41-26)36(29(39)35-25)21-14-32-23(12-15(21)2)40-17-9-8-16(3)31-13-17/h4,8-14,18-19H,1,5-7H2,2-3H3,(H,33,37)(H,34,38)(H,35,39)/t18-,19+/m0/s1. The van der Waals surface area contributed by atoms with Gasteiger partial charge in [-0.2, -0.15) is 0 Å². The second-order valence-corrected chi connectivity index (χ2v) is 11.0. The SMILES string of the molecule is C=CC(=O)N[C@H]1CCC[C@H]1NC(=O)c1sc2nccc3c2c1NC(=O)N3c1cnc(Oc2ccc(C)nc2)cc1C. The minimum atomic E-state index is -0.421. The third-order valence-corrected chi connectivity index (χ3v) is 8.30. The van der Waals surface area contributed by atoms with Gasteiger partial charge in [-0.3, -0.25) is 19.5 Å². The monoisotopic (exact) mass is 569 g/mol. The molecule has 2 atom stereocenters. The van der Waals surface area contributed by atoms with Crippen LogP contribution in [0.1, 0.15) is 40.2 Å². The third kappa shape index (κ3) is 4.97. The smallest absolute Gasteiger partial charge is 0.331 e. The fourth-order valence-electron chi connectivity index (χ4n) is 5.21. The maximum absolute atomic E-state index is 13.5. The number of amides is 4. The largest absolute Gasteiger partial charge is 0.437 e. The second kappa shape index (κ2) is 10.6. The van der Waals surface area contributed by atoms with Crippen LogP contribution in [0.5, 0.6) is 11.6 Å². The highest BCUT2D eigenvalue weighted by molar-refractivity contribution is 7.21. The van der Waals surface area contributed by atoms with Crippen molar-refractivity contribution < 1.29 is 19.1 Å². The molecule has 0 radical (unpaired) electrons. The summed E-state index contributed by atoms with van der Waals surface area (Å²) in [6.45, 7) is 7.27. The van der Waals surface area contributed by atoms with Crippen molar-refractivity contribution in [2.75, 3.05) is 10.2 Å². The van der Waals surface area contributed by atoms with Crippen molar-refractivity contribution in [3.63, 3.8) is 0 Å². The summed E-state index contributed by atoms with van der Waals surface area (Å²) in [7, 11) is 0. The summed E-state index contributed by atoms with van der Waals surface area (Å²) >= 11 is 1.21. The number of hydrogen-bond acceptors (Lipinski definition) is 8. The number of aromatic nitrogens is 3. The first-order valence-electron chi connectivity index (χ1n) is 13.2. The van der Waals surface area contributed by atoms with Gasteiger partial charge in [0.1, 0.15) is 15.5 Å². The number of thiophene rings is 1. The average molecular weight is 570 g/mol. The molecule has 0 saturated heterocycles. The molecule has 4 aromatic rings. The Morgan fingerprint density at radius 2 is 1.90 bits per heavy atom. The Hall–Kier alpha value is -4.84. The van der Waals surface area contributed by atoms with E-state index in [0.717, 1.165) is 30.5 Å². The minimum Gasteiger partial charge on any atom is -0.437 e. The first kappa shape index (κ1) is 26.4. The molecule has 6 rings (SSSR count). The normalized spacial score (nSPS) is 17.7. The number of ether oxygens (including phenoxy) is 1. The Bertz CT molecular complexity index is 1700. The highest BCUT2D eigenvalue weighted by atomic mass is 32.1. The quantitative estimate of drug-likeness (QED) is 0.262. The van der Waals surface area contributed by atoms with Crippen molar-refractivity contribution in [2.24, 2.45) is 0 Å². The minimum absolute atomic E-state index is 0.182. The van der Waals surface area contributed by atoms with Crippen molar-refractivity contribution in [1.29, 1.82) is 0 Å². The lowest BCUT2D eigenvalue weighted by Gasteiger charge is -2.29. The Morgan fingerprint density at radius 1 is 1.10 bits per heavy atom. The van der Waals surface area contributed by atoms with Gasteiger partial charge < -0.3 is 20.7 Å². The number of urea groups is 1. The summed E-state index contributed by atoms with van der Waals surface area (Å²) in [6, 6.07) is 6.34. The van der Waals surface area contributed by atoms with Gasteiger partial charge in [0.05, 0.1) is 34.8 Å². The molecule has 1 aliphatic heterocycles. The number of pyridine rings is 3. The van der Waals surface area contributed by atoms with Crippen LogP contribution in [0.25, 0.3) is 10.2 Å². The topological polar surface area (TPSA) is 138 Å². The molecule has 208 valence electrons. The van der Waals surface area contributed by atoms with Crippen molar-refractivity contribution in [2.45, 2.75) is 45.2 Å². The number of carbonyl (C=O) groups excluding carboxylic acids is 3. The molecule has 3 N–H and O–H groups in total. The van der Waals surface area contributed by atoms with E-state index in [-0.39, 0.29) is 23.9 Å². The van der Waals surface area contributed by atoms with E-state index in [1.165, 1.54) is 22.3 Å². The van der Waals surface area contributed by atoms with Gasteiger partial charge in [0.15, 0.2) is 0 Å². The van der Waals surface area contributed by atoms with Crippen LogP contribution in [-0.2, 0) is 4.79 Å². The summed E-state index contributed by atoms with van der Waals surface area (Å²) in [6.07, 6.45) is 8.44. The molecule has 0 aromatic carbocycles. The molecule has 2 aliphatic rings. The summed E-state index contributed by atoms with van der Waals surface area (Å²) in [5.41, 5.74) is 3.24. The van der Waals surface area contributed by atoms with Crippen LogP contribution in [0.15, 0.2) is 55.5 Å². The fraction of sp³-hybridized carbons (Fsp3) is 0.241. The van der Waals surface area contributed by atoms with Gasteiger partial charge in [-0.15, -0.1) is 11.3 Å². The molecule has 4 aromatic heterocycles. The average Bonchev–Trinajstić information content (AvgIpc) is 3.55. The molecule has 11 nitrogen and oxygen atoms in total. The highest BCUT2D eigenvalue weighted by Gasteiger charge is 2.35. The molecular weight excluding hydrogens is 542 g/mol. The highest BCUT2D eigenvalue weighted by Crippen LogP contribution is 2.46. The Labute approximate surface area is 239 Å². The predicted molar refractivity (Wildman–Crippen MR) is 156 cm³/mol. The van der Waals surface area contributed by atoms with Crippen LogP contribution in [0.3, 0.4) is 0 Å². The van der Waals surface area contributed by atoms with E-state index < -0.39 is 6.03 Å². The molecule has 1 saturated carbocycles. The lowest BCUT2D eigenvalue weighted by atomic mass is 10.1. The molecule has 5 heterocycles. The van der Waals surface area contributed by atoms with E-state index >= 15 is 0 Å². The molecule has 0 bridgehead atoms. The summed E-state index contributed by atoms with van der Waals surface area (Å²) in [5, 5.41) is 9.53. The van der Waals surface area contributed by atoms with Crippen molar-refractivity contribution in [3.8, 4) is 11.6 Å². The number of hydrogen-bond donors (Lipinski definition) is 3. The van der Waals surface area contributed by atoms with Gasteiger partial charge in [-0.25, -0.2) is 14.8 Å². The molecular formula is C29H27N7O4S. The number of carbonyl (C=O) groups is 3. The lowest BCUT2D eigenvalue weighted by Crippen LogP contribution is -2.48. The number of anilines is 3. The Morgan fingerprint density at radius 3 is 2.63 bits per heavy atom. The zero-order valence-electron chi connectivity index (χ0n) is 22.4. The van der Waals surface area contributed by atoms with E-state index in [9.17, 15) is 14.4 Å². The van der Waals surface area contributed by atoms with Gasteiger partial charge in [0.25, 0.3) is 5.91 Å². The van der Waals surface area contributed by atoms with Gasteiger partial charge in [0.2, 0.25) is 11.8 Å². The number of rotatable bonds is 7. The van der Waals surface area contributed by atoms with E-state index in [1.807, 2.05) is 26.0 Å².